The van der Waals surface area contributed by atoms with Crippen LogP contribution in [0.3, 0.4) is 0 Å². The summed E-state index contributed by atoms with van der Waals surface area (Å²) in [7, 11) is -8.57. The molecule has 13 heteroatoms. The predicted molar refractivity (Wildman–Crippen MR) is 187 cm³/mol. The van der Waals surface area contributed by atoms with Crippen LogP contribution in [0.25, 0.3) is 10.8 Å². The normalized spacial score (nSPS) is 14.6. The number of rotatable bonds is 16. The fraction of sp³-hybridized carbons (Fsp3) is 0.333. The Morgan fingerprint density at radius 1 is 0.857 bits per heavy atom. The van der Waals surface area contributed by atoms with E-state index in [0.29, 0.717) is 25.1 Å². The summed E-state index contributed by atoms with van der Waals surface area (Å²) in [5.74, 6) is -0.332. The molecule has 1 aliphatic rings. The van der Waals surface area contributed by atoms with E-state index in [1.165, 1.54) is 6.92 Å². The van der Waals surface area contributed by atoms with E-state index in [2.05, 4.69) is 18.4 Å². The third kappa shape index (κ3) is 11.5. The topological polar surface area (TPSA) is 147 Å². The summed E-state index contributed by atoms with van der Waals surface area (Å²) in [5.41, 5.74) is 3.33. The van der Waals surface area contributed by atoms with Crippen molar-refractivity contribution in [3.63, 3.8) is 0 Å². The van der Waals surface area contributed by atoms with Gasteiger partial charge in [-0.05, 0) is 80.3 Å². The number of allylic oxidation sites excluding steroid dienone is 5. The van der Waals surface area contributed by atoms with Gasteiger partial charge in [-0.15, -0.1) is 0 Å². The number of benzene rings is 3. The van der Waals surface area contributed by atoms with Gasteiger partial charge in [0.15, 0.2) is 5.71 Å². The molecule has 0 saturated carbocycles. The third-order valence-corrected chi connectivity index (χ3v) is 9.67. The molecule has 3 aromatic rings. The minimum absolute atomic E-state index is 0. The molecule has 0 aliphatic carbocycles. The van der Waals surface area contributed by atoms with Gasteiger partial charge < -0.3 is 13.8 Å². The number of fused-ring (bicyclic) bond motifs is 3. The van der Waals surface area contributed by atoms with Crippen LogP contribution in [0.4, 0.5) is 11.4 Å². The quantitative estimate of drug-likeness (QED) is 0.0724. The van der Waals surface area contributed by atoms with Gasteiger partial charge in [-0.1, -0.05) is 42.5 Å². The van der Waals surface area contributed by atoms with E-state index in [4.69, 9.17) is 4.74 Å². The van der Waals surface area contributed by atoms with E-state index < -0.39 is 37.2 Å². The van der Waals surface area contributed by atoms with Gasteiger partial charge in [0, 0.05) is 54.4 Å². The number of para-hydroxylation sites is 1. The van der Waals surface area contributed by atoms with Gasteiger partial charge in [-0.25, -0.2) is 16.8 Å². The molecule has 0 bridgehead atoms. The average molecular weight is 717 g/mol. The Balaban J connectivity index is 0.00000650. The molecule has 10 nitrogen and oxygen atoms in total. The maximum absolute atomic E-state index is 12.2. The molecule has 1 amide bonds. The van der Waals surface area contributed by atoms with Crippen LogP contribution in [0.15, 0.2) is 97.2 Å². The number of hydrogen-bond acceptors (Lipinski definition) is 8. The Morgan fingerprint density at radius 2 is 1.49 bits per heavy atom. The minimum Gasteiger partial charge on any atom is -0.748 e. The molecule has 256 valence electrons. The first kappa shape index (κ1) is 40.3. The number of hydrogen-bond donors (Lipinski definition) is 0. The second-order valence-electron chi connectivity index (χ2n) is 12.1. The zero-order chi connectivity index (χ0) is 35.0. The van der Waals surface area contributed by atoms with E-state index >= 15 is 0 Å². The molecule has 0 spiro atoms. The van der Waals surface area contributed by atoms with Gasteiger partial charge in [-0.2, -0.15) is 4.58 Å². The van der Waals surface area contributed by atoms with E-state index in [1.54, 1.807) is 17.2 Å². The molecular weight excluding hydrogens is 676 g/mol. The standard InChI is InChI=1S/C36H42N2O8S2.Na/c1-28(39)37(30-15-7-6-8-16-30)22-10-5-4-9-17-34-36(2,3)35-32-27-31(46-24-12-14-26-48(43,44)45)20-18-29(32)19-21-33(35)38(34)23-11-13-25-47(40,41)42;/h4-10,15-22,27H,11-14,23-26H2,1-3H3,(H-,40,41,42,43,44,45);/q;+1/p-1. The van der Waals surface area contributed by atoms with Crippen LogP contribution >= 0.6 is 0 Å². The SMILES string of the molecule is CC(=O)N(/C=C/C=C/C=C/C1=[N+](CCCCS(=O)(=O)[O-])c2ccc3ccc(OCCCCS(=O)(=O)[O-])cc3c2C1(C)C)c1ccccc1.[Na+]. The van der Waals surface area contributed by atoms with Crippen LogP contribution in [-0.2, 0) is 30.4 Å². The third-order valence-electron chi connectivity index (χ3n) is 8.10. The number of carbonyl (C=O) groups excluding carboxylic acids is 1. The summed E-state index contributed by atoms with van der Waals surface area (Å²) in [5, 5.41) is 1.99. The number of anilines is 1. The molecule has 0 saturated heterocycles. The predicted octanol–water partition coefficient (Wildman–Crippen LogP) is 2.93. The van der Waals surface area contributed by atoms with Crippen molar-refractivity contribution in [3.05, 3.63) is 103 Å². The molecule has 0 fully saturated rings. The second-order valence-corrected chi connectivity index (χ2v) is 15.1. The molecule has 0 atom stereocenters. The molecule has 1 heterocycles. The fourth-order valence-corrected chi connectivity index (χ4v) is 7.00. The van der Waals surface area contributed by atoms with Gasteiger partial charge in [-0.3, -0.25) is 9.69 Å². The number of carbonyl (C=O) groups is 1. The first-order valence-corrected chi connectivity index (χ1v) is 18.9. The maximum atomic E-state index is 12.2. The summed E-state index contributed by atoms with van der Waals surface area (Å²) < 4.78 is 74.5. The molecule has 0 N–H and O–H groups in total. The summed E-state index contributed by atoms with van der Waals surface area (Å²) in [6, 6.07) is 19.2. The smallest absolute Gasteiger partial charge is 0.748 e. The largest absolute Gasteiger partial charge is 1.00 e. The molecule has 0 aromatic heterocycles. The van der Waals surface area contributed by atoms with Crippen LogP contribution in [0.1, 0.15) is 52.0 Å². The van der Waals surface area contributed by atoms with Crippen molar-refractivity contribution in [2.45, 2.75) is 51.9 Å². The van der Waals surface area contributed by atoms with Crippen molar-refractivity contribution < 1.29 is 69.6 Å². The molecule has 49 heavy (non-hydrogen) atoms. The monoisotopic (exact) mass is 716 g/mol. The van der Waals surface area contributed by atoms with E-state index in [0.717, 1.165) is 33.4 Å². The summed E-state index contributed by atoms with van der Waals surface area (Å²) >= 11 is 0. The molecule has 3 aromatic carbocycles. The first-order chi connectivity index (χ1) is 22.7. The van der Waals surface area contributed by atoms with Gasteiger partial charge in [0.25, 0.3) is 0 Å². The Hall–Kier alpha value is -3.10. The molecule has 0 unspecified atom stereocenters. The Bertz CT molecular complexity index is 1970. The molecule has 4 rings (SSSR count). The van der Waals surface area contributed by atoms with Crippen LogP contribution in [-0.4, -0.2) is 66.8 Å². The Morgan fingerprint density at radius 3 is 2.14 bits per heavy atom. The summed E-state index contributed by atoms with van der Waals surface area (Å²) in [6.45, 7) is 6.52. The van der Waals surface area contributed by atoms with Gasteiger partial charge in [0.1, 0.15) is 12.3 Å². The van der Waals surface area contributed by atoms with Crippen LogP contribution < -0.4 is 39.2 Å². The number of amides is 1. The van der Waals surface area contributed by atoms with E-state index in [9.17, 15) is 30.7 Å². The second kappa shape index (κ2) is 17.7. The number of ether oxygens (including phenoxy) is 1. The minimum atomic E-state index is -4.31. The Kier molecular flexibility index (Phi) is 14.6. The Labute approximate surface area is 311 Å². The van der Waals surface area contributed by atoms with Crippen molar-refractivity contribution in [3.8, 4) is 5.75 Å². The van der Waals surface area contributed by atoms with E-state index in [-0.39, 0.29) is 54.9 Å². The molecule has 0 radical (unpaired) electrons. The fourth-order valence-electron chi connectivity index (χ4n) is 5.89. The van der Waals surface area contributed by atoms with Crippen molar-refractivity contribution in [1.29, 1.82) is 0 Å². The van der Waals surface area contributed by atoms with Gasteiger partial charge in [0.05, 0.1) is 32.3 Å². The van der Waals surface area contributed by atoms with Crippen molar-refractivity contribution in [2.24, 2.45) is 0 Å². The van der Waals surface area contributed by atoms with Gasteiger partial charge in [0.2, 0.25) is 11.6 Å². The van der Waals surface area contributed by atoms with E-state index in [1.807, 2.05) is 85.0 Å². The van der Waals surface area contributed by atoms with Crippen LogP contribution in [0, 0.1) is 0 Å². The van der Waals surface area contributed by atoms with Crippen LogP contribution in [0.2, 0.25) is 0 Å². The molecule has 1 aliphatic heterocycles. The van der Waals surface area contributed by atoms with Crippen LogP contribution in [0.5, 0.6) is 5.75 Å². The maximum Gasteiger partial charge on any atom is 1.00 e. The zero-order valence-corrected chi connectivity index (χ0v) is 32.0. The number of nitrogens with zero attached hydrogens (tertiary/aromatic N) is 2. The first-order valence-electron chi connectivity index (χ1n) is 15.8. The number of unbranched alkanes of at least 4 members (excludes halogenated alkanes) is 2. The van der Waals surface area contributed by atoms with Crippen molar-refractivity contribution >= 4 is 54.0 Å². The summed E-state index contributed by atoms with van der Waals surface area (Å²) in [4.78, 5) is 13.7. The van der Waals surface area contributed by atoms with Crippen molar-refractivity contribution in [2.75, 3.05) is 29.6 Å². The molecular formula is C36H41N2NaO8S2. The van der Waals surface area contributed by atoms with Gasteiger partial charge >= 0.3 is 29.6 Å². The summed E-state index contributed by atoms with van der Waals surface area (Å²) in [6.07, 6.45) is 12.5. The average Bonchev–Trinajstić information content (AvgIpc) is 3.23. The zero-order valence-electron chi connectivity index (χ0n) is 28.4. The van der Waals surface area contributed by atoms with Crippen molar-refractivity contribution in [1.82, 2.24) is 0 Å².